The Morgan fingerprint density at radius 1 is 1.26 bits per heavy atom. The average molecular weight is 347 g/mol. The Kier molecular flexibility index (Phi) is 4.58. The third-order valence-corrected chi connectivity index (χ3v) is 4.89. The SMILES string of the molecule is Cc1ccc(-c2nc(CC(=O)Nc3nc(C(C)C)cs3)cs2)o1. The van der Waals surface area contributed by atoms with E-state index in [9.17, 15) is 4.79 Å². The van der Waals surface area contributed by atoms with Crippen LogP contribution in [0.4, 0.5) is 5.13 Å². The second-order valence-corrected chi connectivity index (χ2v) is 7.23. The van der Waals surface area contributed by atoms with Crippen LogP contribution in [0.1, 0.15) is 36.9 Å². The van der Waals surface area contributed by atoms with E-state index in [1.54, 1.807) is 0 Å². The second-order valence-electron chi connectivity index (χ2n) is 5.51. The van der Waals surface area contributed by atoms with E-state index in [1.807, 2.05) is 29.8 Å². The Balaban J connectivity index is 1.62. The summed E-state index contributed by atoms with van der Waals surface area (Å²) < 4.78 is 5.55. The summed E-state index contributed by atoms with van der Waals surface area (Å²) in [6, 6.07) is 3.79. The van der Waals surface area contributed by atoms with Gasteiger partial charge >= 0.3 is 0 Å². The highest BCUT2D eigenvalue weighted by Gasteiger charge is 2.13. The molecule has 3 heterocycles. The summed E-state index contributed by atoms with van der Waals surface area (Å²) >= 11 is 2.92. The summed E-state index contributed by atoms with van der Waals surface area (Å²) in [6.07, 6.45) is 0.229. The van der Waals surface area contributed by atoms with Crippen molar-refractivity contribution in [1.82, 2.24) is 9.97 Å². The summed E-state index contributed by atoms with van der Waals surface area (Å²) in [4.78, 5) is 21.0. The van der Waals surface area contributed by atoms with Gasteiger partial charge in [-0.1, -0.05) is 13.8 Å². The lowest BCUT2D eigenvalue weighted by molar-refractivity contribution is -0.115. The fraction of sp³-hybridized carbons (Fsp3) is 0.312. The number of carbonyl (C=O) groups excluding carboxylic acids is 1. The van der Waals surface area contributed by atoms with Gasteiger partial charge in [-0.2, -0.15) is 0 Å². The number of anilines is 1. The molecule has 1 N–H and O–H groups in total. The van der Waals surface area contributed by atoms with E-state index < -0.39 is 0 Å². The standard InChI is InChI=1S/C16H17N3O2S2/c1-9(2)12-8-23-16(18-12)19-14(20)6-11-7-22-15(17-11)13-5-4-10(3)21-13/h4-5,7-9H,6H2,1-3H3,(H,18,19,20). The minimum absolute atomic E-state index is 0.109. The van der Waals surface area contributed by atoms with Crippen molar-refractivity contribution in [1.29, 1.82) is 0 Å². The number of hydrogen-bond donors (Lipinski definition) is 1. The van der Waals surface area contributed by atoms with E-state index in [-0.39, 0.29) is 12.3 Å². The molecule has 3 rings (SSSR count). The fourth-order valence-electron chi connectivity index (χ4n) is 1.99. The van der Waals surface area contributed by atoms with Gasteiger partial charge < -0.3 is 9.73 Å². The maximum atomic E-state index is 12.1. The molecular weight excluding hydrogens is 330 g/mol. The van der Waals surface area contributed by atoms with Crippen LogP contribution in [0.3, 0.4) is 0 Å². The molecule has 120 valence electrons. The first-order chi connectivity index (χ1) is 11.0. The molecule has 0 bridgehead atoms. The molecule has 0 aliphatic rings. The Hall–Kier alpha value is -1.99. The Bertz CT molecular complexity index is 817. The maximum Gasteiger partial charge on any atom is 0.232 e. The molecule has 0 saturated heterocycles. The molecular formula is C16H17N3O2S2. The van der Waals surface area contributed by atoms with Gasteiger partial charge in [-0.05, 0) is 25.0 Å². The zero-order valence-electron chi connectivity index (χ0n) is 13.1. The molecule has 3 aromatic heterocycles. The highest BCUT2D eigenvalue weighted by atomic mass is 32.1. The van der Waals surface area contributed by atoms with E-state index in [1.165, 1.54) is 22.7 Å². The van der Waals surface area contributed by atoms with Crippen molar-refractivity contribution >= 4 is 33.7 Å². The number of furan rings is 1. The molecule has 1 amide bonds. The van der Waals surface area contributed by atoms with Crippen LogP contribution in [0.2, 0.25) is 0 Å². The smallest absolute Gasteiger partial charge is 0.232 e. The molecule has 0 radical (unpaired) electrons. The Morgan fingerprint density at radius 3 is 2.74 bits per heavy atom. The molecule has 0 aliphatic heterocycles. The van der Waals surface area contributed by atoms with Gasteiger partial charge in [0.05, 0.1) is 17.8 Å². The van der Waals surface area contributed by atoms with Crippen molar-refractivity contribution in [3.8, 4) is 10.8 Å². The van der Waals surface area contributed by atoms with Gasteiger partial charge in [0.2, 0.25) is 5.91 Å². The number of rotatable bonds is 5. The van der Waals surface area contributed by atoms with Gasteiger partial charge in [0.1, 0.15) is 5.76 Å². The summed E-state index contributed by atoms with van der Waals surface area (Å²) in [6.45, 7) is 6.05. The van der Waals surface area contributed by atoms with Crippen molar-refractivity contribution in [3.63, 3.8) is 0 Å². The van der Waals surface area contributed by atoms with Crippen molar-refractivity contribution in [3.05, 3.63) is 40.0 Å². The monoisotopic (exact) mass is 347 g/mol. The molecule has 5 nitrogen and oxygen atoms in total. The van der Waals surface area contributed by atoms with E-state index >= 15 is 0 Å². The molecule has 23 heavy (non-hydrogen) atoms. The first kappa shape index (κ1) is 15.9. The van der Waals surface area contributed by atoms with Crippen molar-refractivity contribution < 1.29 is 9.21 Å². The molecule has 0 atom stereocenters. The highest BCUT2D eigenvalue weighted by molar-refractivity contribution is 7.14. The molecule has 7 heteroatoms. The van der Waals surface area contributed by atoms with Gasteiger partial charge in [0.25, 0.3) is 0 Å². The molecule has 0 spiro atoms. The summed E-state index contributed by atoms with van der Waals surface area (Å²) in [5.74, 6) is 1.83. The third kappa shape index (κ3) is 3.86. The van der Waals surface area contributed by atoms with E-state index in [2.05, 4.69) is 29.1 Å². The normalized spacial score (nSPS) is 11.1. The first-order valence-electron chi connectivity index (χ1n) is 7.27. The van der Waals surface area contributed by atoms with Gasteiger partial charge in [0, 0.05) is 10.8 Å². The molecule has 0 aliphatic carbocycles. The van der Waals surface area contributed by atoms with Gasteiger partial charge in [-0.25, -0.2) is 9.97 Å². The van der Waals surface area contributed by atoms with Crippen LogP contribution in [-0.2, 0) is 11.2 Å². The van der Waals surface area contributed by atoms with Crippen LogP contribution in [-0.4, -0.2) is 15.9 Å². The number of nitrogens with zero attached hydrogens (tertiary/aromatic N) is 2. The minimum atomic E-state index is -0.109. The van der Waals surface area contributed by atoms with Crippen molar-refractivity contribution in [2.75, 3.05) is 5.32 Å². The topological polar surface area (TPSA) is 68.0 Å². The van der Waals surface area contributed by atoms with Crippen LogP contribution in [0, 0.1) is 6.92 Å². The van der Waals surface area contributed by atoms with Crippen LogP contribution < -0.4 is 5.32 Å². The maximum absolute atomic E-state index is 12.1. The highest BCUT2D eigenvalue weighted by Crippen LogP contribution is 2.26. The van der Waals surface area contributed by atoms with Crippen LogP contribution in [0.5, 0.6) is 0 Å². The molecule has 0 fully saturated rings. The fourth-order valence-corrected chi connectivity index (χ4v) is 3.66. The molecule has 3 aromatic rings. The largest absolute Gasteiger partial charge is 0.459 e. The number of hydrogen-bond acceptors (Lipinski definition) is 6. The number of aromatic nitrogens is 2. The van der Waals surface area contributed by atoms with Crippen LogP contribution >= 0.6 is 22.7 Å². The van der Waals surface area contributed by atoms with E-state index in [0.29, 0.717) is 11.0 Å². The molecule has 0 unspecified atom stereocenters. The van der Waals surface area contributed by atoms with E-state index in [4.69, 9.17) is 4.42 Å². The molecule has 0 saturated carbocycles. The lowest BCUT2D eigenvalue weighted by atomic mass is 10.2. The van der Waals surface area contributed by atoms with Crippen molar-refractivity contribution in [2.45, 2.75) is 33.1 Å². The van der Waals surface area contributed by atoms with Crippen molar-refractivity contribution in [2.24, 2.45) is 0 Å². The predicted molar refractivity (Wildman–Crippen MR) is 93.1 cm³/mol. The summed E-state index contributed by atoms with van der Waals surface area (Å²) in [5, 5.41) is 8.11. The third-order valence-electron chi connectivity index (χ3n) is 3.20. The predicted octanol–water partition coefficient (Wildman–Crippen LogP) is 4.47. The number of thiazole rings is 2. The number of nitrogens with one attached hydrogen (secondary N) is 1. The first-order valence-corrected chi connectivity index (χ1v) is 9.03. The Labute approximate surface area is 142 Å². The average Bonchev–Trinajstić information content (AvgIpc) is 3.19. The Morgan fingerprint density at radius 2 is 2.09 bits per heavy atom. The molecule has 0 aromatic carbocycles. The lowest BCUT2D eigenvalue weighted by Crippen LogP contribution is -2.14. The van der Waals surface area contributed by atoms with Gasteiger partial charge in [0.15, 0.2) is 15.9 Å². The number of amides is 1. The second kappa shape index (κ2) is 6.64. The van der Waals surface area contributed by atoms with Crippen LogP contribution in [0.15, 0.2) is 27.3 Å². The lowest BCUT2D eigenvalue weighted by Gasteiger charge is -2.00. The zero-order valence-corrected chi connectivity index (χ0v) is 14.8. The summed E-state index contributed by atoms with van der Waals surface area (Å²) in [7, 11) is 0. The van der Waals surface area contributed by atoms with Gasteiger partial charge in [-0.3, -0.25) is 4.79 Å². The van der Waals surface area contributed by atoms with Crippen LogP contribution in [0.25, 0.3) is 10.8 Å². The zero-order chi connectivity index (χ0) is 16.4. The summed E-state index contributed by atoms with van der Waals surface area (Å²) in [5.41, 5.74) is 1.73. The number of carbonyl (C=O) groups is 1. The quantitative estimate of drug-likeness (QED) is 0.739. The minimum Gasteiger partial charge on any atom is -0.459 e. The number of aryl methyl sites for hydroxylation is 1. The van der Waals surface area contributed by atoms with Gasteiger partial charge in [-0.15, -0.1) is 22.7 Å². The van der Waals surface area contributed by atoms with E-state index in [0.717, 1.165) is 27.9 Å².